The molecule has 0 aromatic carbocycles. The standard InChI is InChI=1S/C16H23BrN2O2/c1-6-9(4)19-15-11(7-2)12(16(20)21-8-3)14(18)10(5)13(15)17/h7,9H,6,8,18H2,1-5H3/b11-7-,19-15?. The van der Waals surface area contributed by atoms with Gasteiger partial charge in [0.1, 0.15) is 0 Å². The van der Waals surface area contributed by atoms with Crippen LogP contribution in [-0.4, -0.2) is 24.3 Å². The van der Waals surface area contributed by atoms with Gasteiger partial charge in [-0.05, 0) is 55.6 Å². The number of nitrogens with two attached hydrogens (primary N) is 1. The third-order valence-electron chi connectivity index (χ3n) is 3.44. The molecule has 0 saturated carbocycles. The zero-order valence-corrected chi connectivity index (χ0v) is 14.9. The topological polar surface area (TPSA) is 64.7 Å². The first-order valence-corrected chi connectivity index (χ1v) is 7.97. The fraction of sp³-hybridized carbons (Fsp3) is 0.500. The zero-order valence-electron chi connectivity index (χ0n) is 13.3. The van der Waals surface area contributed by atoms with Crippen LogP contribution in [0.25, 0.3) is 0 Å². The Bertz CT molecular complexity index is 557. The SMILES string of the molecule is C/C=C1\C(=NC(C)CC)C(Br)=C(C)C(N)=C1C(=O)OCC. The second-order valence-electron chi connectivity index (χ2n) is 4.89. The lowest BCUT2D eigenvalue weighted by Crippen LogP contribution is -2.26. The normalized spacial score (nSPS) is 21.2. The van der Waals surface area contributed by atoms with E-state index in [4.69, 9.17) is 15.5 Å². The average Bonchev–Trinajstić information content (AvgIpc) is 2.47. The number of hydrogen-bond acceptors (Lipinski definition) is 4. The number of esters is 1. The summed E-state index contributed by atoms with van der Waals surface area (Å²) in [4.78, 5) is 16.9. The van der Waals surface area contributed by atoms with Crippen LogP contribution < -0.4 is 5.73 Å². The smallest absolute Gasteiger partial charge is 0.340 e. The Morgan fingerprint density at radius 3 is 2.57 bits per heavy atom. The summed E-state index contributed by atoms with van der Waals surface area (Å²) < 4.78 is 5.97. The monoisotopic (exact) mass is 354 g/mol. The second kappa shape index (κ2) is 7.59. The fourth-order valence-corrected chi connectivity index (χ4v) is 2.54. The molecule has 0 spiro atoms. The maximum atomic E-state index is 12.2. The lowest BCUT2D eigenvalue weighted by molar-refractivity contribution is -0.138. The van der Waals surface area contributed by atoms with Gasteiger partial charge < -0.3 is 10.5 Å². The van der Waals surface area contributed by atoms with E-state index in [0.717, 1.165) is 27.8 Å². The molecule has 0 saturated heterocycles. The Labute approximate surface area is 135 Å². The van der Waals surface area contributed by atoms with E-state index < -0.39 is 5.97 Å². The highest BCUT2D eigenvalue weighted by Crippen LogP contribution is 2.34. The minimum absolute atomic E-state index is 0.165. The molecular formula is C16H23BrN2O2. The van der Waals surface area contributed by atoms with Crippen LogP contribution in [0, 0.1) is 0 Å². The Morgan fingerprint density at radius 2 is 2.10 bits per heavy atom. The van der Waals surface area contributed by atoms with E-state index >= 15 is 0 Å². The molecule has 0 radical (unpaired) electrons. The van der Waals surface area contributed by atoms with Gasteiger partial charge in [-0.2, -0.15) is 0 Å². The molecule has 0 bridgehead atoms. The van der Waals surface area contributed by atoms with Crippen molar-refractivity contribution in [2.45, 2.75) is 47.1 Å². The molecule has 116 valence electrons. The predicted octanol–water partition coefficient (Wildman–Crippen LogP) is 3.63. The van der Waals surface area contributed by atoms with E-state index in [-0.39, 0.29) is 6.04 Å². The third-order valence-corrected chi connectivity index (χ3v) is 4.41. The number of allylic oxidation sites excluding steroid dienone is 3. The Balaban J connectivity index is 3.49. The van der Waals surface area contributed by atoms with Crippen molar-refractivity contribution in [2.75, 3.05) is 6.61 Å². The van der Waals surface area contributed by atoms with Gasteiger partial charge in [0.25, 0.3) is 0 Å². The maximum Gasteiger partial charge on any atom is 0.340 e. The highest BCUT2D eigenvalue weighted by Gasteiger charge is 2.30. The van der Waals surface area contributed by atoms with Crippen LogP contribution in [0.3, 0.4) is 0 Å². The fourth-order valence-electron chi connectivity index (χ4n) is 2.01. The predicted molar refractivity (Wildman–Crippen MR) is 90.4 cm³/mol. The van der Waals surface area contributed by atoms with Gasteiger partial charge in [0, 0.05) is 16.1 Å². The van der Waals surface area contributed by atoms with Crippen molar-refractivity contribution in [3.8, 4) is 0 Å². The first-order valence-electron chi connectivity index (χ1n) is 7.17. The minimum atomic E-state index is -0.403. The van der Waals surface area contributed by atoms with E-state index in [9.17, 15) is 4.79 Å². The summed E-state index contributed by atoms with van der Waals surface area (Å²) in [5.41, 5.74) is 9.28. The highest BCUT2D eigenvalue weighted by molar-refractivity contribution is 9.12. The molecule has 5 heteroatoms. The summed E-state index contributed by atoms with van der Waals surface area (Å²) in [5, 5.41) is 0. The molecular weight excluding hydrogens is 332 g/mol. The molecule has 1 rings (SSSR count). The van der Waals surface area contributed by atoms with Crippen molar-refractivity contribution in [3.63, 3.8) is 0 Å². The summed E-state index contributed by atoms with van der Waals surface area (Å²) in [6.45, 7) is 9.95. The van der Waals surface area contributed by atoms with Crippen LogP contribution in [0.4, 0.5) is 0 Å². The summed E-state index contributed by atoms with van der Waals surface area (Å²) >= 11 is 3.56. The number of aliphatic imine (C=N–C) groups is 1. The summed E-state index contributed by atoms with van der Waals surface area (Å²) in [5.74, 6) is -0.403. The molecule has 21 heavy (non-hydrogen) atoms. The molecule has 1 unspecified atom stereocenters. The van der Waals surface area contributed by atoms with Gasteiger partial charge >= 0.3 is 5.97 Å². The van der Waals surface area contributed by atoms with Gasteiger partial charge in [-0.15, -0.1) is 0 Å². The number of hydrogen-bond donors (Lipinski definition) is 1. The first kappa shape index (κ1) is 17.7. The van der Waals surface area contributed by atoms with E-state index in [1.165, 1.54) is 0 Å². The van der Waals surface area contributed by atoms with Crippen molar-refractivity contribution in [3.05, 3.63) is 33.0 Å². The Kier molecular flexibility index (Phi) is 6.40. The van der Waals surface area contributed by atoms with Gasteiger partial charge in [0.15, 0.2) is 0 Å². The molecule has 2 N–H and O–H groups in total. The second-order valence-corrected chi connectivity index (χ2v) is 5.68. The summed E-state index contributed by atoms with van der Waals surface area (Å²) in [6, 6.07) is 0.165. The highest BCUT2D eigenvalue weighted by atomic mass is 79.9. The lowest BCUT2D eigenvalue weighted by Gasteiger charge is -2.24. The number of carbonyl (C=O) groups excluding carboxylic acids is 1. The first-order chi connectivity index (χ1) is 9.88. The number of halogens is 1. The maximum absolute atomic E-state index is 12.2. The van der Waals surface area contributed by atoms with Crippen LogP contribution in [-0.2, 0) is 9.53 Å². The van der Waals surface area contributed by atoms with Gasteiger partial charge in [0.05, 0.1) is 23.6 Å². The molecule has 0 aliphatic heterocycles. The van der Waals surface area contributed by atoms with Gasteiger partial charge in [-0.1, -0.05) is 13.0 Å². The molecule has 0 aromatic heterocycles. The van der Waals surface area contributed by atoms with Gasteiger partial charge in [0.2, 0.25) is 0 Å². The summed E-state index contributed by atoms with van der Waals surface area (Å²) in [6.07, 6.45) is 2.78. The van der Waals surface area contributed by atoms with E-state index in [1.54, 1.807) is 6.92 Å². The number of rotatable bonds is 4. The number of nitrogens with zero attached hydrogens (tertiary/aromatic N) is 1. The van der Waals surface area contributed by atoms with Crippen LogP contribution in [0.1, 0.15) is 41.0 Å². The molecule has 0 aromatic rings. The molecule has 4 nitrogen and oxygen atoms in total. The number of carbonyl (C=O) groups is 1. The van der Waals surface area contributed by atoms with Gasteiger partial charge in [-0.25, -0.2) is 4.79 Å². The van der Waals surface area contributed by atoms with Gasteiger partial charge in [-0.3, -0.25) is 4.99 Å². The molecule has 0 fully saturated rings. The zero-order chi connectivity index (χ0) is 16.2. The largest absolute Gasteiger partial charge is 0.462 e. The lowest BCUT2D eigenvalue weighted by atomic mass is 9.89. The van der Waals surface area contributed by atoms with Crippen LogP contribution >= 0.6 is 15.9 Å². The Morgan fingerprint density at radius 1 is 1.48 bits per heavy atom. The van der Waals surface area contributed by atoms with Crippen molar-refractivity contribution in [1.29, 1.82) is 0 Å². The van der Waals surface area contributed by atoms with E-state index in [2.05, 4.69) is 22.9 Å². The molecule has 1 aliphatic rings. The molecule has 1 atom stereocenters. The van der Waals surface area contributed by atoms with Crippen LogP contribution in [0.15, 0.2) is 38.0 Å². The molecule has 0 heterocycles. The average molecular weight is 355 g/mol. The Hall–Kier alpha value is -1.36. The van der Waals surface area contributed by atoms with E-state index in [1.807, 2.05) is 26.8 Å². The van der Waals surface area contributed by atoms with Crippen molar-refractivity contribution < 1.29 is 9.53 Å². The minimum Gasteiger partial charge on any atom is -0.462 e. The van der Waals surface area contributed by atoms with Crippen LogP contribution in [0.5, 0.6) is 0 Å². The molecule has 1 aliphatic carbocycles. The molecule has 0 amide bonds. The third kappa shape index (κ3) is 3.64. The van der Waals surface area contributed by atoms with E-state index in [0.29, 0.717) is 17.9 Å². The van der Waals surface area contributed by atoms with Crippen LogP contribution in [0.2, 0.25) is 0 Å². The van der Waals surface area contributed by atoms with Crippen molar-refractivity contribution in [2.24, 2.45) is 10.7 Å². The van der Waals surface area contributed by atoms with Crippen molar-refractivity contribution in [1.82, 2.24) is 0 Å². The summed E-state index contributed by atoms with van der Waals surface area (Å²) in [7, 11) is 0. The number of ether oxygens (including phenoxy) is 1. The van der Waals surface area contributed by atoms with Crippen molar-refractivity contribution >= 4 is 27.6 Å². The quantitative estimate of drug-likeness (QED) is 0.783.